The first kappa shape index (κ1) is 63.0. The first-order chi connectivity index (χ1) is 44.3. The Kier molecular flexibility index (Phi) is 18.7. The van der Waals surface area contributed by atoms with Crippen molar-refractivity contribution < 1.29 is 49.4 Å². The van der Waals surface area contributed by atoms with Crippen LogP contribution in [-0.4, -0.2) is 88.5 Å². The summed E-state index contributed by atoms with van der Waals surface area (Å²) in [5.41, 5.74) is 6.21. The number of fused-ring (bicyclic) bond motifs is 3. The first-order valence-electron chi connectivity index (χ1n) is 28.8. The molecule has 3 aliphatic rings. The molecule has 6 aromatic heterocycles. The van der Waals surface area contributed by atoms with E-state index in [1.165, 1.54) is 66.9 Å². The second-order valence-corrected chi connectivity index (χ2v) is 21.3. The van der Waals surface area contributed by atoms with Crippen LogP contribution in [0, 0.1) is 6.92 Å². The number of ether oxygens (including phenoxy) is 2. The highest BCUT2D eigenvalue weighted by molar-refractivity contribution is 6.16. The molecule has 0 spiro atoms. The van der Waals surface area contributed by atoms with Crippen molar-refractivity contribution in [3.63, 3.8) is 0 Å². The van der Waals surface area contributed by atoms with Crippen LogP contribution in [0.15, 0.2) is 155 Å². The summed E-state index contributed by atoms with van der Waals surface area (Å²) in [5, 5.41) is 38.4. The van der Waals surface area contributed by atoms with Crippen molar-refractivity contribution in [3.8, 4) is 44.9 Å². The van der Waals surface area contributed by atoms with Crippen molar-refractivity contribution in [2.75, 3.05) is 0 Å². The van der Waals surface area contributed by atoms with Gasteiger partial charge >= 0.3 is 12.7 Å². The summed E-state index contributed by atoms with van der Waals surface area (Å²) in [6.07, 6.45) is -3.08. The van der Waals surface area contributed by atoms with Crippen LogP contribution < -0.4 is 26.2 Å². The molecule has 92 heavy (non-hydrogen) atoms. The van der Waals surface area contributed by atoms with E-state index >= 15 is 0 Å². The number of hydrogen-bond donors (Lipinski definition) is 1. The molecule has 23 nitrogen and oxygen atoms in total. The zero-order valence-corrected chi connectivity index (χ0v) is 49.6. The van der Waals surface area contributed by atoms with Crippen LogP contribution in [0.2, 0.25) is 0 Å². The lowest BCUT2D eigenvalue weighted by molar-refractivity contribution is -0.275. The highest BCUT2D eigenvalue weighted by atomic mass is 35.5. The van der Waals surface area contributed by atoms with Gasteiger partial charge in [0.1, 0.15) is 41.1 Å². The third kappa shape index (κ3) is 16.1. The van der Waals surface area contributed by atoms with Crippen LogP contribution in [0.5, 0.6) is 11.5 Å². The number of halogens is 7. The Bertz CT molecular complexity index is 4510. The fourth-order valence-electron chi connectivity index (χ4n) is 9.07. The van der Waals surface area contributed by atoms with Gasteiger partial charge in [0.2, 0.25) is 17.7 Å². The Morgan fingerprint density at radius 1 is 0.489 bits per heavy atom. The van der Waals surface area contributed by atoms with E-state index in [0.717, 1.165) is 52.1 Å². The van der Waals surface area contributed by atoms with Gasteiger partial charge in [-0.05, 0) is 139 Å². The second kappa shape index (κ2) is 27.3. The van der Waals surface area contributed by atoms with Gasteiger partial charge in [-0.25, -0.2) is 14.5 Å². The van der Waals surface area contributed by atoms with Crippen LogP contribution >= 0.6 is 11.6 Å². The fraction of sp³-hybridized carbons (Fsp3) is 0.274. The predicted molar refractivity (Wildman–Crippen MR) is 320 cm³/mol. The predicted octanol–water partition coefficient (Wildman–Crippen LogP) is 12.3. The molecular formula is C62H52ClF6N15O8. The van der Waals surface area contributed by atoms with E-state index in [1.807, 2.05) is 51.1 Å². The summed E-state index contributed by atoms with van der Waals surface area (Å²) < 4.78 is 99.4. The highest BCUT2D eigenvalue weighted by Crippen LogP contribution is 2.40. The summed E-state index contributed by atoms with van der Waals surface area (Å²) in [6.45, 7) is 6.09. The Morgan fingerprint density at radius 3 is 1.21 bits per heavy atom. The van der Waals surface area contributed by atoms with Crippen molar-refractivity contribution >= 4 is 44.3 Å². The lowest BCUT2D eigenvalue weighted by atomic mass is 10.0. The zero-order chi connectivity index (χ0) is 64.7. The minimum Gasteiger partial charge on any atom is -0.406 e. The molecule has 0 amide bonds. The number of H-pyrrole nitrogens is 1. The molecule has 0 bridgehead atoms. The molecule has 0 radical (unpaired) electrons. The van der Waals surface area contributed by atoms with Gasteiger partial charge in [-0.2, -0.15) is 15.0 Å². The van der Waals surface area contributed by atoms with Gasteiger partial charge in [0.05, 0.1) is 22.0 Å². The minimum atomic E-state index is -4.76. The number of hydrogen-bond acceptors (Lipinski definition) is 20. The number of benzene rings is 6. The average molecular weight is 1280 g/mol. The van der Waals surface area contributed by atoms with Crippen LogP contribution in [-0.2, 0) is 19.0 Å². The molecule has 0 aliphatic heterocycles. The van der Waals surface area contributed by atoms with Crippen LogP contribution in [0.3, 0.4) is 0 Å². The number of nitrogens with zero attached hydrogens (tertiary/aromatic N) is 14. The number of alkyl halides is 7. The second-order valence-electron chi connectivity index (χ2n) is 21.1. The molecule has 6 heterocycles. The molecule has 15 rings (SSSR count). The quantitative estimate of drug-likeness (QED) is 0.0828. The number of rotatable bonds is 13. The maximum atomic E-state index is 12.9. The Labute approximate surface area is 520 Å². The van der Waals surface area contributed by atoms with Crippen molar-refractivity contribution in [2.45, 2.75) is 109 Å². The molecule has 3 fully saturated rings. The molecule has 0 atom stereocenters. The maximum absolute atomic E-state index is 12.9. The monoisotopic (exact) mass is 1280 g/mol. The standard InChI is InChI=1S/2C20H14F3N5O3.C14H11N3O.C6H7ClN2O.C2H6/c2*21-20(22,23)30-14-6-3-11(4-7-14)13-5-8-16-15(9-13)19(29)28(27-25-16)10-17-24-18(31-26-17)12-1-2-12;1-9-2-4-10(5-3-9)11-6-7-13-12(8-11)14(18)16-17-15-13;7-3-5-8-6(10-9-5)4-1-2-4;1-2/h2*3-9,12H,1-2,10H2;2-8H,1H3,(H,15,16,18);4H,1-3H2;1-2H3. The SMILES string of the molecule is CC.Cc1ccc(-c2ccc3nn[nH]c(=O)c3c2)cc1.ClCc1noc(C2CC2)n1.O=c1c2cc(-c3ccc(OC(F)(F)F)cc3)ccc2nnn1Cc1noc(C2CC2)n1.O=c1c2cc(-c3ccc(OC(F)(F)F)cc3)ccc2nnn1Cc1noc(C2CC2)n1. The highest BCUT2D eigenvalue weighted by Gasteiger charge is 2.33. The van der Waals surface area contributed by atoms with E-state index in [-0.39, 0.29) is 41.3 Å². The lowest BCUT2D eigenvalue weighted by Crippen LogP contribution is -2.25. The van der Waals surface area contributed by atoms with Crippen LogP contribution in [0.4, 0.5) is 26.3 Å². The van der Waals surface area contributed by atoms with Crippen LogP contribution in [0.25, 0.3) is 66.1 Å². The topological polar surface area (TPSA) is 289 Å². The summed E-state index contributed by atoms with van der Waals surface area (Å²) in [6, 6.07) is 34.5. The Morgan fingerprint density at radius 2 is 0.837 bits per heavy atom. The van der Waals surface area contributed by atoms with Crippen molar-refractivity contribution in [2.24, 2.45) is 0 Å². The van der Waals surface area contributed by atoms with Gasteiger partial charge < -0.3 is 23.0 Å². The fourth-order valence-corrected chi connectivity index (χ4v) is 9.18. The largest absolute Gasteiger partial charge is 0.573 e. The maximum Gasteiger partial charge on any atom is 0.573 e. The van der Waals surface area contributed by atoms with Crippen molar-refractivity contribution in [1.29, 1.82) is 0 Å². The summed E-state index contributed by atoms with van der Waals surface area (Å²) in [5.74, 6) is 4.01. The molecular weight excluding hydrogens is 1230 g/mol. The van der Waals surface area contributed by atoms with E-state index in [9.17, 15) is 40.7 Å². The van der Waals surface area contributed by atoms with E-state index in [1.54, 1.807) is 36.4 Å². The smallest absolute Gasteiger partial charge is 0.406 e. The molecule has 1 N–H and O–H groups in total. The molecule has 30 heteroatoms. The van der Waals surface area contributed by atoms with Gasteiger partial charge in [-0.15, -0.1) is 53.2 Å². The average Bonchev–Trinajstić information content (AvgIpc) is 1.45. The summed E-state index contributed by atoms with van der Waals surface area (Å²) >= 11 is 5.48. The Hall–Kier alpha value is -10.6. The molecule has 3 saturated carbocycles. The van der Waals surface area contributed by atoms with Gasteiger partial charge in [0.15, 0.2) is 17.5 Å². The van der Waals surface area contributed by atoms with Crippen molar-refractivity contribution in [1.82, 2.24) is 75.8 Å². The summed E-state index contributed by atoms with van der Waals surface area (Å²) in [4.78, 5) is 50.1. The molecule has 0 unspecified atom stereocenters. The minimum absolute atomic E-state index is 0.0195. The summed E-state index contributed by atoms with van der Waals surface area (Å²) in [7, 11) is 0. The molecule has 472 valence electrons. The zero-order valence-electron chi connectivity index (χ0n) is 48.9. The van der Waals surface area contributed by atoms with E-state index in [2.05, 4.69) is 88.1 Å². The van der Waals surface area contributed by atoms with E-state index in [0.29, 0.717) is 108 Å². The van der Waals surface area contributed by atoms with Crippen LogP contribution in [0.1, 0.15) is 111 Å². The third-order valence-electron chi connectivity index (χ3n) is 14.2. The number of aromatic nitrogens is 15. The van der Waals surface area contributed by atoms with Crippen molar-refractivity contribution in [3.05, 3.63) is 199 Å². The molecule has 3 aliphatic carbocycles. The number of nitrogens with one attached hydrogen (secondary N) is 1. The normalized spacial score (nSPS) is 13.6. The Balaban J connectivity index is 0.000000133. The third-order valence-corrected chi connectivity index (χ3v) is 14.4. The first-order valence-corrected chi connectivity index (χ1v) is 29.3. The lowest BCUT2D eigenvalue weighted by Gasteiger charge is -2.09. The van der Waals surface area contributed by atoms with E-state index < -0.39 is 12.7 Å². The number of aryl methyl sites for hydroxylation is 1. The van der Waals surface area contributed by atoms with Gasteiger partial charge in [-0.3, -0.25) is 14.4 Å². The molecule has 6 aromatic carbocycles. The van der Waals surface area contributed by atoms with E-state index in [4.69, 9.17) is 25.2 Å². The molecule has 12 aromatic rings. The van der Waals surface area contributed by atoms with Gasteiger partial charge in [-0.1, -0.05) is 117 Å². The number of aromatic amines is 1. The van der Waals surface area contributed by atoms with Gasteiger partial charge in [0.25, 0.3) is 16.7 Å². The van der Waals surface area contributed by atoms with Gasteiger partial charge in [0, 0.05) is 17.8 Å². The molecule has 0 saturated heterocycles.